The Morgan fingerprint density at radius 1 is 1.42 bits per heavy atom. The highest BCUT2D eigenvalue weighted by atomic mass is 79.9. The number of hydrogen-bond acceptors (Lipinski definition) is 1. The van der Waals surface area contributed by atoms with Crippen LogP contribution >= 0.6 is 15.9 Å². The van der Waals surface area contributed by atoms with Crippen molar-refractivity contribution in [3.63, 3.8) is 0 Å². The molecule has 0 aliphatic carbocycles. The Balaban J connectivity index is 3.06. The largest absolute Gasteiger partial charge is 0.280 e. The fraction of sp³-hybridized carbons (Fsp3) is 0.286. The second-order valence-corrected chi connectivity index (χ2v) is 2.70. The van der Waals surface area contributed by atoms with Gasteiger partial charge in [0.2, 0.25) is 0 Å². The SMILES string of the molecule is Fc1cc(CBr)nc(C(F)F)c1. The first-order valence-corrected chi connectivity index (χ1v) is 4.26. The van der Waals surface area contributed by atoms with Crippen molar-refractivity contribution in [2.45, 2.75) is 11.8 Å². The summed E-state index contributed by atoms with van der Waals surface area (Å²) in [5.74, 6) is -0.685. The molecule has 0 bridgehead atoms. The van der Waals surface area contributed by atoms with Crippen molar-refractivity contribution in [3.8, 4) is 0 Å². The molecule has 0 radical (unpaired) electrons. The summed E-state index contributed by atoms with van der Waals surface area (Å²) in [6, 6.07) is 1.84. The van der Waals surface area contributed by atoms with E-state index < -0.39 is 17.9 Å². The van der Waals surface area contributed by atoms with Crippen molar-refractivity contribution in [2.75, 3.05) is 0 Å². The Morgan fingerprint density at radius 2 is 2.08 bits per heavy atom. The van der Waals surface area contributed by atoms with Crippen LogP contribution < -0.4 is 0 Å². The summed E-state index contributed by atoms with van der Waals surface area (Å²) in [6.07, 6.45) is -2.72. The summed E-state index contributed by atoms with van der Waals surface area (Å²) in [6.45, 7) is 0. The summed E-state index contributed by atoms with van der Waals surface area (Å²) >= 11 is 3.00. The molecule has 1 rings (SSSR count). The van der Waals surface area contributed by atoms with Gasteiger partial charge in [-0.05, 0) is 6.07 Å². The quantitative estimate of drug-likeness (QED) is 0.724. The molecule has 12 heavy (non-hydrogen) atoms. The van der Waals surface area contributed by atoms with Crippen molar-refractivity contribution in [2.24, 2.45) is 0 Å². The Kier molecular flexibility index (Phi) is 3.08. The Morgan fingerprint density at radius 3 is 2.58 bits per heavy atom. The average Bonchev–Trinajstić information content (AvgIpc) is 2.03. The van der Waals surface area contributed by atoms with Gasteiger partial charge >= 0.3 is 0 Å². The van der Waals surface area contributed by atoms with Crippen LogP contribution in [0.2, 0.25) is 0 Å². The van der Waals surface area contributed by atoms with Crippen molar-refractivity contribution in [1.29, 1.82) is 0 Å². The van der Waals surface area contributed by atoms with Gasteiger partial charge in [0.25, 0.3) is 6.43 Å². The highest BCUT2D eigenvalue weighted by molar-refractivity contribution is 9.08. The van der Waals surface area contributed by atoms with Gasteiger partial charge in [-0.2, -0.15) is 0 Å². The summed E-state index contributed by atoms with van der Waals surface area (Å²) in [7, 11) is 0. The molecule has 0 saturated carbocycles. The second-order valence-electron chi connectivity index (χ2n) is 2.14. The van der Waals surface area contributed by atoms with Gasteiger partial charge in [-0.25, -0.2) is 13.2 Å². The molecule has 0 atom stereocenters. The lowest BCUT2D eigenvalue weighted by molar-refractivity contribution is 0.145. The van der Waals surface area contributed by atoms with Gasteiger partial charge in [-0.1, -0.05) is 15.9 Å². The minimum atomic E-state index is -2.72. The predicted molar refractivity (Wildman–Crippen MR) is 41.8 cm³/mol. The van der Waals surface area contributed by atoms with Crippen LogP contribution in [0.5, 0.6) is 0 Å². The molecule has 0 aliphatic heterocycles. The molecule has 0 fully saturated rings. The molecule has 1 aromatic rings. The summed E-state index contributed by atoms with van der Waals surface area (Å²) in [5.41, 5.74) is -0.255. The van der Waals surface area contributed by atoms with Gasteiger partial charge < -0.3 is 0 Å². The first kappa shape index (κ1) is 9.51. The minimum Gasteiger partial charge on any atom is -0.251 e. The zero-order valence-corrected chi connectivity index (χ0v) is 7.48. The number of rotatable bonds is 2. The lowest BCUT2D eigenvalue weighted by atomic mass is 10.3. The molecule has 0 unspecified atom stereocenters. The molecule has 0 N–H and O–H groups in total. The van der Waals surface area contributed by atoms with Crippen LogP contribution in [0.15, 0.2) is 12.1 Å². The number of halogens is 4. The van der Waals surface area contributed by atoms with Gasteiger partial charge in [-0.15, -0.1) is 0 Å². The second kappa shape index (κ2) is 3.89. The summed E-state index contributed by atoms with van der Waals surface area (Å²) in [4.78, 5) is 3.51. The fourth-order valence-corrected chi connectivity index (χ4v) is 1.04. The third kappa shape index (κ3) is 2.20. The molecule has 1 nitrogen and oxygen atoms in total. The molecule has 5 heteroatoms. The van der Waals surface area contributed by atoms with Gasteiger partial charge in [0, 0.05) is 11.4 Å². The van der Waals surface area contributed by atoms with Crippen LogP contribution in [-0.4, -0.2) is 4.98 Å². The van der Waals surface area contributed by atoms with Crippen LogP contribution in [0.25, 0.3) is 0 Å². The molecule has 1 aromatic heterocycles. The van der Waals surface area contributed by atoms with Crippen LogP contribution in [0.3, 0.4) is 0 Å². The van der Waals surface area contributed by atoms with Crippen molar-refractivity contribution < 1.29 is 13.2 Å². The summed E-state index contributed by atoms with van der Waals surface area (Å²) in [5, 5.41) is 0.268. The lowest BCUT2D eigenvalue weighted by Gasteiger charge is -2.01. The van der Waals surface area contributed by atoms with E-state index in [2.05, 4.69) is 20.9 Å². The number of alkyl halides is 3. The van der Waals surface area contributed by atoms with Gasteiger partial charge in [0.15, 0.2) is 0 Å². The van der Waals surface area contributed by atoms with E-state index in [9.17, 15) is 13.2 Å². The van der Waals surface area contributed by atoms with Crippen LogP contribution in [-0.2, 0) is 5.33 Å². The standard InChI is InChI=1S/C7H5BrF3N/c8-3-5-1-4(9)2-6(12-5)7(10)11/h1-2,7H,3H2. The zero-order chi connectivity index (χ0) is 9.14. The maximum atomic E-state index is 12.6. The van der Waals surface area contributed by atoms with Gasteiger partial charge in [0.1, 0.15) is 11.5 Å². The van der Waals surface area contributed by atoms with E-state index >= 15 is 0 Å². The highest BCUT2D eigenvalue weighted by Crippen LogP contribution is 2.18. The molecular formula is C7H5BrF3N. The molecule has 1 heterocycles. The van der Waals surface area contributed by atoms with Crippen LogP contribution in [0.1, 0.15) is 17.8 Å². The van der Waals surface area contributed by atoms with E-state index in [1.165, 1.54) is 0 Å². The Labute approximate surface area is 75.7 Å². The average molecular weight is 240 g/mol. The molecule has 0 aromatic carbocycles. The fourth-order valence-electron chi connectivity index (χ4n) is 0.753. The van der Waals surface area contributed by atoms with Crippen molar-refractivity contribution in [3.05, 3.63) is 29.3 Å². The molecule has 0 spiro atoms. The van der Waals surface area contributed by atoms with Crippen LogP contribution in [0, 0.1) is 5.82 Å². The van der Waals surface area contributed by atoms with E-state index in [4.69, 9.17) is 0 Å². The number of hydrogen-bond donors (Lipinski definition) is 0. The third-order valence-electron chi connectivity index (χ3n) is 1.22. The highest BCUT2D eigenvalue weighted by Gasteiger charge is 2.10. The molecule has 0 aliphatic rings. The first-order chi connectivity index (χ1) is 5.63. The van der Waals surface area contributed by atoms with E-state index in [1.54, 1.807) is 0 Å². The monoisotopic (exact) mass is 239 g/mol. The van der Waals surface area contributed by atoms with E-state index in [-0.39, 0.29) is 11.0 Å². The van der Waals surface area contributed by atoms with E-state index in [0.717, 1.165) is 12.1 Å². The number of pyridine rings is 1. The third-order valence-corrected chi connectivity index (χ3v) is 1.80. The van der Waals surface area contributed by atoms with Crippen molar-refractivity contribution in [1.82, 2.24) is 4.98 Å². The molecular weight excluding hydrogens is 235 g/mol. The normalized spacial score (nSPS) is 10.8. The minimum absolute atomic E-state index is 0.268. The zero-order valence-electron chi connectivity index (χ0n) is 5.90. The van der Waals surface area contributed by atoms with E-state index in [0.29, 0.717) is 0 Å². The molecule has 0 amide bonds. The molecule has 66 valence electrons. The summed E-state index contributed by atoms with van der Waals surface area (Å²) < 4.78 is 36.6. The Hall–Kier alpha value is -0.580. The van der Waals surface area contributed by atoms with Gasteiger partial charge in [-0.3, -0.25) is 4.98 Å². The van der Waals surface area contributed by atoms with E-state index in [1.807, 2.05) is 0 Å². The van der Waals surface area contributed by atoms with Gasteiger partial charge in [0.05, 0.1) is 5.69 Å². The lowest BCUT2D eigenvalue weighted by Crippen LogP contribution is -1.95. The maximum Gasteiger partial charge on any atom is 0.280 e. The topological polar surface area (TPSA) is 12.9 Å². The Bertz CT molecular complexity index is 277. The molecule has 0 saturated heterocycles. The van der Waals surface area contributed by atoms with Crippen molar-refractivity contribution >= 4 is 15.9 Å². The van der Waals surface area contributed by atoms with Crippen LogP contribution in [0.4, 0.5) is 13.2 Å². The number of nitrogens with zero attached hydrogens (tertiary/aromatic N) is 1. The smallest absolute Gasteiger partial charge is 0.251 e. The number of aromatic nitrogens is 1. The maximum absolute atomic E-state index is 12.6. The first-order valence-electron chi connectivity index (χ1n) is 3.14. The predicted octanol–water partition coefficient (Wildman–Crippen LogP) is 3.05.